The van der Waals surface area contributed by atoms with Gasteiger partial charge in [0.1, 0.15) is 23.2 Å². The lowest BCUT2D eigenvalue weighted by atomic mass is 9.34. The van der Waals surface area contributed by atoms with Gasteiger partial charge in [-0.2, -0.15) is 0 Å². The molecule has 8 atom stereocenters. The number of ketones is 6. The minimum absolute atomic E-state index is 0.0525. The van der Waals surface area contributed by atoms with Crippen LogP contribution in [0.2, 0.25) is 0 Å². The van der Waals surface area contributed by atoms with Gasteiger partial charge in [-0.25, -0.2) is 0 Å². The Balaban J connectivity index is 2.14. The summed E-state index contributed by atoms with van der Waals surface area (Å²) >= 11 is 0. The Labute approximate surface area is 240 Å². The normalized spacial score (nSPS) is 36.5. The number of carbonyl (C=O) groups excluding carboxylic acids is 6. The minimum Gasteiger partial charge on any atom is -0.507 e. The van der Waals surface area contributed by atoms with Crippen LogP contribution in [0, 0.1) is 40.4 Å². The standard InChI is InChI=1S/C33H40O8/c1-9-11-18-12-13-20-16(5)31(7)21(14-19(35)10-2)32(8)24(15(3)4)27(37)22(17(6)34)29(39)33(32,41)30(40)25(31)28(38)23(20)26(18)36/h9,12-13,15-16,21-22,24-25,36,41H,1,10-11,14H2,2-8H3/t16-,21-,22?,24?,25?,31-,32-,33+/m1/s1. The molecule has 0 amide bonds. The Bertz CT molecular complexity index is 1400. The van der Waals surface area contributed by atoms with E-state index < -0.39 is 80.9 Å². The highest BCUT2D eigenvalue weighted by molar-refractivity contribution is 6.32. The molecule has 1 aromatic carbocycles. The summed E-state index contributed by atoms with van der Waals surface area (Å²) in [7, 11) is 0. The van der Waals surface area contributed by atoms with Crippen molar-refractivity contribution >= 4 is 34.7 Å². The number of Topliss-reactive ketones (excluding diaryl/α,β-unsaturated/α-hetero) is 6. The van der Waals surface area contributed by atoms with Crippen LogP contribution in [-0.4, -0.2) is 50.5 Å². The van der Waals surface area contributed by atoms with Gasteiger partial charge in [0.2, 0.25) is 0 Å². The van der Waals surface area contributed by atoms with Crippen LogP contribution in [0.5, 0.6) is 5.75 Å². The van der Waals surface area contributed by atoms with E-state index in [0.717, 1.165) is 6.92 Å². The largest absolute Gasteiger partial charge is 0.507 e. The van der Waals surface area contributed by atoms with Crippen molar-refractivity contribution < 1.29 is 39.0 Å². The van der Waals surface area contributed by atoms with Gasteiger partial charge in [0.15, 0.2) is 28.7 Å². The van der Waals surface area contributed by atoms with Gasteiger partial charge >= 0.3 is 0 Å². The molecule has 3 unspecified atom stereocenters. The van der Waals surface area contributed by atoms with Gasteiger partial charge in [-0.3, -0.25) is 28.8 Å². The van der Waals surface area contributed by atoms with E-state index in [4.69, 9.17) is 0 Å². The van der Waals surface area contributed by atoms with E-state index in [2.05, 4.69) is 6.58 Å². The highest BCUT2D eigenvalue weighted by atomic mass is 16.3. The van der Waals surface area contributed by atoms with E-state index >= 15 is 0 Å². The molecule has 1 aromatic rings. The number of benzene rings is 1. The fraction of sp³-hybridized carbons (Fsp3) is 0.576. The summed E-state index contributed by atoms with van der Waals surface area (Å²) in [4.78, 5) is 82.9. The van der Waals surface area contributed by atoms with Gasteiger partial charge in [-0.15, -0.1) is 6.58 Å². The molecule has 2 N–H and O–H groups in total. The van der Waals surface area contributed by atoms with Crippen LogP contribution >= 0.6 is 0 Å². The van der Waals surface area contributed by atoms with Crippen molar-refractivity contribution in [1.29, 1.82) is 0 Å². The molecule has 0 bridgehead atoms. The number of fused-ring (bicyclic) bond motifs is 3. The predicted molar refractivity (Wildman–Crippen MR) is 150 cm³/mol. The van der Waals surface area contributed by atoms with Crippen LogP contribution in [0.15, 0.2) is 24.8 Å². The van der Waals surface area contributed by atoms with Gasteiger partial charge in [0.05, 0.1) is 11.5 Å². The summed E-state index contributed by atoms with van der Waals surface area (Å²) in [5.41, 5.74) is -5.10. The number of carbonyl (C=O) groups is 6. The molecule has 0 aromatic heterocycles. The van der Waals surface area contributed by atoms with Crippen molar-refractivity contribution in [2.24, 2.45) is 40.4 Å². The SMILES string of the molecule is C=CCc1ccc2c(c1O)C(=O)C1C(=O)[C@@]3(O)C(=O)C(C(C)=O)C(=O)C(C(C)C)[C@@]3(C)[C@H](CC(=O)CC)[C@@]1(C)[C@@H]2C. The third kappa shape index (κ3) is 3.68. The average Bonchev–Trinajstić information content (AvgIpc) is 2.88. The third-order valence-corrected chi connectivity index (χ3v) is 10.8. The molecule has 3 aliphatic rings. The van der Waals surface area contributed by atoms with Crippen molar-refractivity contribution in [3.63, 3.8) is 0 Å². The summed E-state index contributed by atoms with van der Waals surface area (Å²) in [5, 5.41) is 23.6. The molecule has 0 aliphatic heterocycles. The van der Waals surface area contributed by atoms with E-state index in [9.17, 15) is 39.0 Å². The molecule has 220 valence electrons. The lowest BCUT2D eigenvalue weighted by Crippen LogP contribution is -2.80. The highest BCUT2D eigenvalue weighted by Crippen LogP contribution is 2.70. The molecular formula is C33H40O8. The Hall–Kier alpha value is -3.26. The van der Waals surface area contributed by atoms with Crippen LogP contribution in [0.1, 0.15) is 88.7 Å². The maximum absolute atomic E-state index is 14.7. The number of hydrogen-bond acceptors (Lipinski definition) is 8. The zero-order valence-electron chi connectivity index (χ0n) is 24.9. The van der Waals surface area contributed by atoms with Crippen LogP contribution in [-0.2, 0) is 30.4 Å². The molecule has 0 radical (unpaired) electrons. The first-order valence-corrected chi connectivity index (χ1v) is 14.4. The quantitative estimate of drug-likeness (QED) is 0.374. The molecule has 0 heterocycles. The van der Waals surface area contributed by atoms with Gasteiger partial charge in [-0.1, -0.05) is 59.8 Å². The van der Waals surface area contributed by atoms with Crippen molar-refractivity contribution in [2.75, 3.05) is 0 Å². The molecular weight excluding hydrogens is 524 g/mol. The lowest BCUT2D eigenvalue weighted by molar-refractivity contribution is -0.225. The smallest absolute Gasteiger partial charge is 0.190 e. The van der Waals surface area contributed by atoms with E-state index in [-0.39, 0.29) is 36.4 Å². The van der Waals surface area contributed by atoms with Crippen molar-refractivity contribution in [2.45, 2.75) is 79.2 Å². The van der Waals surface area contributed by atoms with Crippen LogP contribution in [0.25, 0.3) is 0 Å². The molecule has 3 aliphatic carbocycles. The number of allylic oxidation sites excluding steroid dienone is 1. The Kier molecular flexibility index (Phi) is 7.44. The third-order valence-electron chi connectivity index (χ3n) is 10.8. The number of hydrogen-bond donors (Lipinski definition) is 2. The lowest BCUT2D eigenvalue weighted by Gasteiger charge is -2.67. The first-order valence-electron chi connectivity index (χ1n) is 14.4. The number of phenolic OH excluding ortho intramolecular Hbond substituents is 1. The second-order valence-corrected chi connectivity index (χ2v) is 13.0. The number of rotatable bonds is 7. The van der Waals surface area contributed by atoms with E-state index in [0.29, 0.717) is 11.1 Å². The first-order chi connectivity index (χ1) is 19.0. The molecule has 0 spiro atoms. The highest BCUT2D eigenvalue weighted by Gasteiger charge is 2.80. The maximum atomic E-state index is 14.7. The van der Waals surface area contributed by atoms with Crippen LogP contribution < -0.4 is 0 Å². The van der Waals surface area contributed by atoms with Gasteiger partial charge in [-0.05, 0) is 47.6 Å². The first kappa shape index (κ1) is 30.7. The van der Waals surface area contributed by atoms with Gasteiger partial charge < -0.3 is 10.2 Å². The fourth-order valence-corrected chi connectivity index (χ4v) is 8.73. The summed E-state index contributed by atoms with van der Waals surface area (Å²) in [6, 6.07) is 3.42. The van der Waals surface area contributed by atoms with Crippen molar-refractivity contribution in [3.05, 3.63) is 41.5 Å². The Morgan fingerprint density at radius 3 is 2.22 bits per heavy atom. The van der Waals surface area contributed by atoms with Gasteiger partial charge in [0, 0.05) is 24.2 Å². The summed E-state index contributed by atoms with van der Waals surface area (Å²) in [6.07, 6.45) is 1.79. The second-order valence-electron chi connectivity index (χ2n) is 13.0. The van der Waals surface area contributed by atoms with Crippen molar-refractivity contribution in [1.82, 2.24) is 0 Å². The van der Waals surface area contributed by atoms with E-state index in [1.54, 1.807) is 45.9 Å². The minimum atomic E-state index is -2.88. The summed E-state index contributed by atoms with van der Waals surface area (Å²) < 4.78 is 0. The molecule has 2 fully saturated rings. The van der Waals surface area contributed by atoms with Crippen LogP contribution in [0.4, 0.5) is 0 Å². The Morgan fingerprint density at radius 1 is 1.10 bits per heavy atom. The van der Waals surface area contributed by atoms with Gasteiger partial charge in [0.25, 0.3) is 0 Å². The molecule has 41 heavy (non-hydrogen) atoms. The summed E-state index contributed by atoms with van der Waals surface area (Å²) in [5.74, 6) is -11.6. The fourth-order valence-electron chi connectivity index (χ4n) is 8.73. The Morgan fingerprint density at radius 2 is 1.71 bits per heavy atom. The molecule has 4 rings (SSSR count). The second kappa shape index (κ2) is 9.93. The number of aliphatic hydroxyl groups is 1. The predicted octanol–water partition coefficient (Wildman–Crippen LogP) is 3.98. The topological polar surface area (TPSA) is 143 Å². The van der Waals surface area contributed by atoms with E-state index in [1.807, 2.05) is 6.92 Å². The molecule has 2 saturated carbocycles. The molecule has 8 heteroatoms. The number of phenols is 1. The zero-order valence-corrected chi connectivity index (χ0v) is 24.9. The number of aromatic hydroxyl groups is 1. The monoisotopic (exact) mass is 564 g/mol. The summed E-state index contributed by atoms with van der Waals surface area (Å²) in [6.45, 7) is 14.9. The van der Waals surface area contributed by atoms with Crippen LogP contribution in [0.3, 0.4) is 0 Å². The van der Waals surface area contributed by atoms with E-state index in [1.165, 1.54) is 6.92 Å². The average molecular weight is 565 g/mol. The maximum Gasteiger partial charge on any atom is 0.190 e. The molecule has 0 saturated heterocycles. The zero-order chi connectivity index (χ0) is 31.0. The van der Waals surface area contributed by atoms with Crippen molar-refractivity contribution in [3.8, 4) is 5.75 Å². The molecule has 8 nitrogen and oxygen atoms in total.